The fourth-order valence-electron chi connectivity index (χ4n) is 2.85. The second kappa shape index (κ2) is 7.73. The van der Waals surface area contributed by atoms with Gasteiger partial charge >= 0.3 is 6.18 Å². The number of nitrogens with one attached hydrogen (secondary N) is 1. The normalized spacial score (nSPS) is 15.0. The summed E-state index contributed by atoms with van der Waals surface area (Å²) in [5.41, 5.74) is 5.37. The second-order valence-electron chi connectivity index (χ2n) is 6.08. The lowest BCUT2D eigenvalue weighted by molar-refractivity contribution is -0.138. The Morgan fingerprint density at radius 2 is 2.07 bits per heavy atom. The third-order valence-electron chi connectivity index (χ3n) is 4.32. The molecule has 1 saturated heterocycles. The number of hydrogen-bond acceptors (Lipinski definition) is 6. The molecular weight excluding hydrogens is 381 g/mol. The van der Waals surface area contributed by atoms with Gasteiger partial charge in [0, 0.05) is 19.6 Å². The number of halogens is 3. The number of carbonyl (C=O) groups is 1. The molecule has 27 heavy (non-hydrogen) atoms. The van der Waals surface area contributed by atoms with Crippen LogP contribution in [0.25, 0.3) is 0 Å². The van der Waals surface area contributed by atoms with E-state index in [1.54, 1.807) is 6.07 Å². The van der Waals surface area contributed by atoms with Gasteiger partial charge in [-0.05, 0) is 24.1 Å². The average molecular weight is 400 g/mol. The molecular formula is C17H19F3N4O2S. The van der Waals surface area contributed by atoms with E-state index in [0.29, 0.717) is 37.0 Å². The fraction of sp³-hybridized carbons (Fsp3) is 0.412. The minimum Gasteiger partial charge on any atom is -0.378 e. The Bertz CT molecular complexity index is 832. The van der Waals surface area contributed by atoms with E-state index in [-0.39, 0.29) is 22.8 Å². The molecule has 0 aliphatic carbocycles. The zero-order chi connectivity index (χ0) is 19.6. The van der Waals surface area contributed by atoms with Crippen molar-refractivity contribution >= 4 is 28.2 Å². The smallest absolute Gasteiger partial charge is 0.378 e. The summed E-state index contributed by atoms with van der Waals surface area (Å²) in [4.78, 5) is 18.4. The summed E-state index contributed by atoms with van der Waals surface area (Å²) in [6, 6.07) is 4.02. The van der Waals surface area contributed by atoms with Crippen molar-refractivity contribution in [2.24, 2.45) is 5.73 Å². The second-order valence-corrected chi connectivity index (χ2v) is 7.06. The highest BCUT2D eigenvalue weighted by molar-refractivity contribution is 7.18. The first-order valence-corrected chi connectivity index (χ1v) is 9.12. The first-order chi connectivity index (χ1) is 12.8. The van der Waals surface area contributed by atoms with E-state index >= 15 is 0 Å². The molecule has 0 spiro atoms. The lowest BCUT2D eigenvalue weighted by Gasteiger charge is -2.25. The van der Waals surface area contributed by atoms with Gasteiger partial charge in [0.05, 0.1) is 18.8 Å². The van der Waals surface area contributed by atoms with Gasteiger partial charge in [0.15, 0.2) is 10.9 Å². The molecule has 1 fully saturated rings. The average Bonchev–Trinajstić information content (AvgIpc) is 3.05. The van der Waals surface area contributed by atoms with Crippen molar-refractivity contribution in [3.05, 3.63) is 39.8 Å². The number of ether oxygens (including phenoxy) is 1. The van der Waals surface area contributed by atoms with Crippen molar-refractivity contribution in [3.63, 3.8) is 0 Å². The standard InChI is InChI=1S/C17H19F3N4O2S/c1-10-11(3-2-4-12(10)17(18,19)20)9-22-15-13(14(21)25)27-16(23-15)24-5-7-26-8-6-24/h2-4,22H,5-9H2,1H3,(H2,21,25). The molecule has 0 bridgehead atoms. The Morgan fingerprint density at radius 3 is 2.70 bits per heavy atom. The number of aromatic nitrogens is 1. The zero-order valence-corrected chi connectivity index (χ0v) is 15.4. The monoisotopic (exact) mass is 400 g/mol. The number of anilines is 2. The third-order valence-corrected chi connectivity index (χ3v) is 5.45. The molecule has 1 aromatic carbocycles. The van der Waals surface area contributed by atoms with Crippen LogP contribution >= 0.6 is 11.3 Å². The van der Waals surface area contributed by atoms with Gasteiger partial charge in [-0.25, -0.2) is 4.98 Å². The molecule has 3 rings (SSSR count). The maximum atomic E-state index is 13.1. The SMILES string of the molecule is Cc1c(CNc2nc(N3CCOCC3)sc2C(N)=O)cccc1C(F)(F)F. The summed E-state index contributed by atoms with van der Waals surface area (Å²) < 4.78 is 44.5. The number of thiazole rings is 1. The molecule has 10 heteroatoms. The van der Waals surface area contributed by atoms with Crippen molar-refractivity contribution in [3.8, 4) is 0 Å². The van der Waals surface area contributed by atoms with Gasteiger partial charge in [-0.2, -0.15) is 13.2 Å². The lowest BCUT2D eigenvalue weighted by atomic mass is 10.0. The minimum absolute atomic E-state index is 0.0995. The highest BCUT2D eigenvalue weighted by Gasteiger charge is 2.32. The van der Waals surface area contributed by atoms with Gasteiger partial charge in [0.1, 0.15) is 4.88 Å². The number of carbonyl (C=O) groups excluding carboxylic acids is 1. The van der Waals surface area contributed by atoms with Crippen molar-refractivity contribution in [1.29, 1.82) is 0 Å². The Hall–Kier alpha value is -2.33. The van der Waals surface area contributed by atoms with Crippen LogP contribution in [0.4, 0.5) is 24.1 Å². The first-order valence-electron chi connectivity index (χ1n) is 8.30. The number of morpholine rings is 1. The largest absolute Gasteiger partial charge is 0.416 e. The molecule has 146 valence electrons. The van der Waals surface area contributed by atoms with Crippen molar-refractivity contribution < 1.29 is 22.7 Å². The Balaban J connectivity index is 1.81. The number of benzene rings is 1. The van der Waals surface area contributed by atoms with Crippen LogP contribution in [0.5, 0.6) is 0 Å². The molecule has 0 radical (unpaired) electrons. The Kier molecular flexibility index (Phi) is 5.56. The molecule has 0 unspecified atom stereocenters. The van der Waals surface area contributed by atoms with E-state index in [2.05, 4.69) is 10.3 Å². The summed E-state index contributed by atoms with van der Waals surface area (Å²) >= 11 is 1.16. The van der Waals surface area contributed by atoms with Crippen LogP contribution < -0.4 is 16.0 Å². The summed E-state index contributed by atoms with van der Waals surface area (Å²) in [6.45, 7) is 3.96. The van der Waals surface area contributed by atoms with Crippen LogP contribution in [0.2, 0.25) is 0 Å². The van der Waals surface area contributed by atoms with Crippen molar-refractivity contribution in [1.82, 2.24) is 4.98 Å². The molecule has 1 aromatic heterocycles. The molecule has 3 N–H and O–H groups in total. The summed E-state index contributed by atoms with van der Waals surface area (Å²) in [5.74, 6) is -0.346. The van der Waals surface area contributed by atoms with Crippen molar-refractivity contribution in [2.45, 2.75) is 19.6 Å². The molecule has 1 amide bonds. The molecule has 6 nitrogen and oxygen atoms in total. The van der Waals surface area contributed by atoms with E-state index in [1.807, 2.05) is 4.90 Å². The van der Waals surface area contributed by atoms with Gasteiger partial charge < -0.3 is 20.7 Å². The number of primary amides is 1. The first kappa shape index (κ1) is 19.4. The predicted molar refractivity (Wildman–Crippen MR) is 97.2 cm³/mol. The zero-order valence-electron chi connectivity index (χ0n) is 14.6. The minimum atomic E-state index is -4.41. The Morgan fingerprint density at radius 1 is 1.37 bits per heavy atom. The fourth-order valence-corrected chi connectivity index (χ4v) is 3.79. The molecule has 2 aromatic rings. The van der Waals surface area contributed by atoms with E-state index in [4.69, 9.17) is 10.5 Å². The quantitative estimate of drug-likeness (QED) is 0.807. The number of alkyl halides is 3. The van der Waals surface area contributed by atoms with E-state index in [1.165, 1.54) is 13.0 Å². The van der Waals surface area contributed by atoms with E-state index < -0.39 is 17.6 Å². The predicted octanol–water partition coefficient (Wildman–Crippen LogP) is 3.02. The Labute approximate surface area is 158 Å². The third kappa shape index (κ3) is 4.33. The highest BCUT2D eigenvalue weighted by atomic mass is 32.1. The summed E-state index contributed by atoms with van der Waals surface area (Å²) in [5, 5.41) is 3.60. The lowest BCUT2D eigenvalue weighted by Crippen LogP contribution is -2.36. The summed E-state index contributed by atoms with van der Waals surface area (Å²) in [7, 11) is 0. The van der Waals surface area contributed by atoms with Crippen LogP contribution in [-0.4, -0.2) is 37.2 Å². The molecule has 0 saturated carbocycles. The van der Waals surface area contributed by atoms with Gasteiger partial charge in [-0.3, -0.25) is 4.79 Å². The maximum absolute atomic E-state index is 13.1. The van der Waals surface area contributed by atoms with Gasteiger partial charge in [-0.1, -0.05) is 23.5 Å². The van der Waals surface area contributed by atoms with E-state index in [9.17, 15) is 18.0 Å². The van der Waals surface area contributed by atoms with Crippen molar-refractivity contribution in [2.75, 3.05) is 36.5 Å². The van der Waals surface area contributed by atoms with Gasteiger partial charge in [-0.15, -0.1) is 0 Å². The van der Waals surface area contributed by atoms with Crippen LogP contribution in [-0.2, 0) is 17.5 Å². The van der Waals surface area contributed by atoms with Crippen LogP contribution in [0.15, 0.2) is 18.2 Å². The number of amides is 1. The van der Waals surface area contributed by atoms with Gasteiger partial charge in [0.2, 0.25) is 0 Å². The maximum Gasteiger partial charge on any atom is 0.416 e. The summed E-state index contributed by atoms with van der Waals surface area (Å²) in [6.07, 6.45) is -4.41. The van der Waals surface area contributed by atoms with Gasteiger partial charge in [0.25, 0.3) is 5.91 Å². The number of nitrogens with zero attached hydrogens (tertiary/aromatic N) is 2. The highest BCUT2D eigenvalue weighted by Crippen LogP contribution is 2.34. The van der Waals surface area contributed by atoms with Crippen LogP contribution in [0.1, 0.15) is 26.4 Å². The topological polar surface area (TPSA) is 80.5 Å². The molecule has 1 aliphatic rings. The molecule has 2 heterocycles. The number of rotatable bonds is 5. The number of hydrogen-bond donors (Lipinski definition) is 2. The molecule has 1 aliphatic heterocycles. The number of nitrogens with two attached hydrogens (primary N) is 1. The van der Waals surface area contributed by atoms with E-state index in [0.717, 1.165) is 17.4 Å². The van der Waals surface area contributed by atoms with Crippen LogP contribution in [0, 0.1) is 6.92 Å². The molecule has 0 atom stereocenters. The van der Waals surface area contributed by atoms with Crippen LogP contribution in [0.3, 0.4) is 0 Å².